The van der Waals surface area contributed by atoms with E-state index in [1.54, 1.807) is 18.3 Å². The Labute approximate surface area is 173 Å². The molecule has 2 unspecified atom stereocenters. The van der Waals surface area contributed by atoms with Crippen LogP contribution in [0.2, 0.25) is 0 Å². The van der Waals surface area contributed by atoms with E-state index in [1.807, 2.05) is 7.11 Å². The van der Waals surface area contributed by atoms with Crippen molar-refractivity contribution in [2.24, 2.45) is 40.4 Å². The first kappa shape index (κ1) is 17.7. The molecule has 10 atom stereocenters. The molecule has 158 valence electrons. The average molecular weight is 401 g/mol. The van der Waals surface area contributed by atoms with Crippen molar-refractivity contribution >= 4 is 5.97 Å². The number of piperidine rings is 2. The topological polar surface area (TPSA) is 55.8 Å². The van der Waals surface area contributed by atoms with Gasteiger partial charge in [-0.15, -0.1) is 0 Å². The summed E-state index contributed by atoms with van der Waals surface area (Å²) < 4.78 is 13.2. The van der Waals surface area contributed by atoms with Gasteiger partial charge in [-0.05, 0) is 38.0 Å². The van der Waals surface area contributed by atoms with E-state index >= 15 is 0 Å². The highest BCUT2D eigenvalue weighted by atomic mass is 16.5. The smallest absolute Gasteiger partial charge is 0.309 e. The van der Waals surface area contributed by atoms with Crippen molar-refractivity contribution < 1.29 is 23.9 Å². The molecule has 0 aromatic rings. The van der Waals surface area contributed by atoms with Crippen molar-refractivity contribution in [2.75, 3.05) is 33.9 Å². The lowest BCUT2D eigenvalue weighted by molar-refractivity contribution is -0.985. The summed E-state index contributed by atoms with van der Waals surface area (Å²) in [5.41, 5.74) is 2.68. The van der Waals surface area contributed by atoms with Gasteiger partial charge in [-0.1, -0.05) is 18.1 Å². The summed E-state index contributed by atoms with van der Waals surface area (Å²) in [4.78, 5) is 13.0. The number of nitrogens with zero attached hydrogens (tertiary/aromatic N) is 1. The molecule has 5 nitrogen and oxygen atoms in total. The summed E-state index contributed by atoms with van der Waals surface area (Å²) in [7, 11) is 3.49. The Morgan fingerprint density at radius 1 is 1.24 bits per heavy atom. The molecule has 5 heteroatoms. The lowest BCUT2D eigenvalue weighted by atomic mass is 9.45. The van der Waals surface area contributed by atoms with Crippen LogP contribution in [0.4, 0.5) is 0 Å². The second-order valence-electron chi connectivity index (χ2n) is 11.5. The summed E-state index contributed by atoms with van der Waals surface area (Å²) in [5.74, 6) is 1.96. The summed E-state index contributed by atoms with van der Waals surface area (Å²) in [6.07, 6.45) is 6.64. The lowest BCUT2D eigenvalue weighted by Gasteiger charge is -2.58. The number of quaternary nitrogens is 1. The van der Waals surface area contributed by atoms with E-state index in [0.29, 0.717) is 29.7 Å². The SMILES string of the molecule is COC(=O)[C@@H]1C[C@@]23C4=C(CC[C@H]5C[N+]67CC(C)[C@@H](C[C@H]6[C@@]52CO)[C@@]37OC)CC[C@@H]41. The van der Waals surface area contributed by atoms with Crippen molar-refractivity contribution in [1.29, 1.82) is 0 Å². The highest BCUT2D eigenvalue weighted by Crippen LogP contribution is 2.88. The molecule has 0 aromatic carbocycles. The third-order valence-electron chi connectivity index (χ3n) is 11.7. The number of methoxy groups -OCH3 is 2. The van der Waals surface area contributed by atoms with Gasteiger partial charge in [0, 0.05) is 25.4 Å². The van der Waals surface area contributed by atoms with Gasteiger partial charge >= 0.3 is 5.97 Å². The Balaban J connectivity index is 1.58. The number of hydrogen-bond donors (Lipinski definition) is 1. The van der Waals surface area contributed by atoms with Gasteiger partial charge in [0.2, 0.25) is 5.72 Å². The number of esters is 1. The van der Waals surface area contributed by atoms with Crippen molar-refractivity contribution in [3.63, 3.8) is 0 Å². The van der Waals surface area contributed by atoms with Crippen LogP contribution in [0.3, 0.4) is 0 Å². The quantitative estimate of drug-likeness (QED) is 0.449. The minimum absolute atomic E-state index is 0.0360. The van der Waals surface area contributed by atoms with E-state index in [1.165, 1.54) is 32.4 Å². The molecule has 1 saturated carbocycles. The third-order valence-corrected chi connectivity index (χ3v) is 11.7. The Morgan fingerprint density at radius 3 is 2.76 bits per heavy atom. The fourth-order valence-corrected chi connectivity index (χ4v) is 11.7. The maximum Gasteiger partial charge on any atom is 0.309 e. The molecule has 0 radical (unpaired) electrons. The minimum Gasteiger partial charge on any atom is -0.469 e. The average Bonchev–Trinajstić information content (AvgIpc) is 3.47. The van der Waals surface area contributed by atoms with E-state index in [-0.39, 0.29) is 35.0 Å². The van der Waals surface area contributed by atoms with Gasteiger partial charge in [0.1, 0.15) is 6.04 Å². The molecule has 4 saturated heterocycles. The number of aliphatic hydroxyl groups excluding tert-OH is 1. The number of carbonyl (C=O) groups is 1. The molecule has 7 aliphatic rings. The number of aliphatic hydroxyl groups is 1. The zero-order valence-electron chi connectivity index (χ0n) is 17.9. The molecule has 29 heavy (non-hydrogen) atoms. The Hall–Kier alpha value is -0.910. The Kier molecular flexibility index (Phi) is 3.02. The molecule has 3 aliphatic carbocycles. The van der Waals surface area contributed by atoms with Gasteiger partial charge in [-0.3, -0.25) is 9.28 Å². The zero-order chi connectivity index (χ0) is 20.0. The molecule has 0 aromatic heterocycles. The van der Waals surface area contributed by atoms with Gasteiger partial charge in [0.15, 0.2) is 0 Å². The van der Waals surface area contributed by atoms with Gasteiger partial charge in [-0.25, -0.2) is 0 Å². The Morgan fingerprint density at radius 2 is 2.03 bits per heavy atom. The maximum absolute atomic E-state index is 13.0. The zero-order valence-corrected chi connectivity index (χ0v) is 17.9. The van der Waals surface area contributed by atoms with Crippen LogP contribution < -0.4 is 0 Å². The predicted molar refractivity (Wildman–Crippen MR) is 105 cm³/mol. The standard InChI is InChI=1S/C24H34NO4/c1-13-10-25-11-15-6-4-14-5-7-16-17(21(27)28-2)9-23(20(14)16)22(15,12-26)19(25)8-18(13)24(23,25)29-3/h13,15-19,26H,4-12H2,1-3H3/q+1/t13?,15-,16+,17+,18+,19-,22+,23+,24+,25?/m0/s1. The molecule has 5 fully saturated rings. The maximum atomic E-state index is 13.0. The van der Waals surface area contributed by atoms with Crippen LogP contribution in [0.5, 0.6) is 0 Å². The second-order valence-corrected chi connectivity index (χ2v) is 11.5. The van der Waals surface area contributed by atoms with E-state index < -0.39 is 0 Å². The summed E-state index contributed by atoms with van der Waals surface area (Å²) in [6.45, 7) is 5.05. The first-order chi connectivity index (χ1) is 14.0. The molecule has 7 rings (SSSR count). The molecule has 4 aliphatic heterocycles. The predicted octanol–water partition coefficient (Wildman–Crippen LogP) is 2.49. The second kappa shape index (κ2) is 4.94. The largest absolute Gasteiger partial charge is 0.469 e. The molecule has 4 heterocycles. The first-order valence-electron chi connectivity index (χ1n) is 11.8. The summed E-state index contributed by atoms with van der Waals surface area (Å²) in [5, 5.41) is 11.2. The monoisotopic (exact) mass is 400 g/mol. The van der Waals surface area contributed by atoms with Gasteiger partial charge in [0.25, 0.3) is 0 Å². The van der Waals surface area contributed by atoms with E-state index in [0.717, 1.165) is 23.7 Å². The fourth-order valence-electron chi connectivity index (χ4n) is 11.7. The number of rotatable bonds is 3. The minimum atomic E-state index is -0.243. The van der Waals surface area contributed by atoms with Gasteiger partial charge in [-0.2, -0.15) is 0 Å². The van der Waals surface area contributed by atoms with Crippen molar-refractivity contribution in [3.8, 4) is 0 Å². The normalized spacial score (nSPS) is 60.1. The molecule has 0 amide bonds. The van der Waals surface area contributed by atoms with Gasteiger partial charge in [0.05, 0.1) is 49.5 Å². The van der Waals surface area contributed by atoms with Crippen molar-refractivity contribution in [3.05, 3.63) is 11.1 Å². The molecule has 2 spiro atoms. The van der Waals surface area contributed by atoms with E-state index in [2.05, 4.69) is 6.92 Å². The van der Waals surface area contributed by atoms with Gasteiger partial charge < -0.3 is 14.6 Å². The Bertz CT molecular complexity index is 869. The van der Waals surface area contributed by atoms with Crippen LogP contribution in [0.25, 0.3) is 0 Å². The van der Waals surface area contributed by atoms with Crippen LogP contribution >= 0.6 is 0 Å². The molecule has 5 bridgehead atoms. The van der Waals surface area contributed by atoms with E-state index in [4.69, 9.17) is 9.47 Å². The van der Waals surface area contributed by atoms with Crippen molar-refractivity contribution in [2.45, 2.75) is 57.2 Å². The highest BCUT2D eigenvalue weighted by molar-refractivity contribution is 5.75. The number of carbonyl (C=O) groups excluding carboxylic acids is 1. The van der Waals surface area contributed by atoms with Crippen LogP contribution in [0.1, 0.15) is 45.4 Å². The lowest BCUT2D eigenvalue weighted by Crippen LogP contribution is -2.70. The van der Waals surface area contributed by atoms with E-state index in [9.17, 15) is 9.90 Å². The molecule has 1 N–H and O–H groups in total. The van der Waals surface area contributed by atoms with Crippen LogP contribution in [-0.4, -0.2) is 61.2 Å². The number of ether oxygens (including phenoxy) is 2. The van der Waals surface area contributed by atoms with Crippen LogP contribution in [0.15, 0.2) is 11.1 Å². The summed E-state index contributed by atoms with van der Waals surface area (Å²) in [6, 6.07) is 0.503. The number of hydrogen-bond acceptors (Lipinski definition) is 4. The van der Waals surface area contributed by atoms with Crippen LogP contribution in [-0.2, 0) is 14.3 Å². The van der Waals surface area contributed by atoms with Crippen LogP contribution in [0, 0.1) is 40.4 Å². The first-order valence-corrected chi connectivity index (χ1v) is 11.8. The summed E-state index contributed by atoms with van der Waals surface area (Å²) >= 11 is 0. The molecular formula is C24H34NO4+. The molecular weight excluding hydrogens is 366 g/mol. The third kappa shape index (κ3) is 1.33. The van der Waals surface area contributed by atoms with Crippen molar-refractivity contribution in [1.82, 2.24) is 0 Å². The highest BCUT2D eigenvalue weighted by Gasteiger charge is 2.99. The fraction of sp³-hybridized carbons (Fsp3) is 0.875. The number of allylic oxidation sites excluding steroid dienone is 1.